The maximum absolute atomic E-state index is 11.6. The van der Waals surface area contributed by atoms with Gasteiger partial charge >= 0.3 is 0 Å². The van der Waals surface area contributed by atoms with Gasteiger partial charge < -0.3 is 10.1 Å². The first kappa shape index (κ1) is 16.3. The summed E-state index contributed by atoms with van der Waals surface area (Å²) in [6.07, 6.45) is 0.846. The van der Waals surface area contributed by atoms with Crippen molar-refractivity contribution in [2.24, 2.45) is 5.14 Å². The van der Waals surface area contributed by atoms with E-state index in [-0.39, 0.29) is 22.1 Å². The largest absolute Gasteiger partial charge is 0.379 e. The minimum absolute atomic E-state index is 0.100. The van der Waals surface area contributed by atoms with Gasteiger partial charge in [-0.1, -0.05) is 6.07 Å². The minimum Gasteiger partial charge on any atom is -0.379 e. The summed E-state index contributed by atoms with van der Waals surface area (Å²) >= 11 is 0. The molecule has 3 N–H and O–H groups in total. The number of nitrogens with one attached hydrogen (secondary N) is 1. The van der Waals surface area contributed by atoms with Gasteiger partial charge in [-0.25, -0.2) is 13.6 Å². The third kappa shape index (κ3) is 3.56. The van der Waals surface area contributed by atoms with E-state index in [0.29, 0.717) is 5.56 Å². The van der Waals surface area contributed by atoms with Crippen LogP contribution in [0.15, 0.2) is 23.1 Å². The second kappa shape index (κ2) is 4.97. The number of benzene rings is 1. The highest BCUT2D eigenvalue weighted by molar-refractivity contribution is 7.89. The van der Waals surface area contributed by atoms with Gasteiger partial charge in [-0.05, 0) is 58.7 Å². The standard InChI is InChI=1S/C15H24N2O3S/c1-10-6-7-11(8-12(10)21(16,18)19)17-13-9-14(2,3)20-15(13,4)5/h6-8,13,17H,9H2,1-5H3,(H2,16,18,19). The van der Waals surface area contributed by atoms with Crippen molar-refractivity contribution in [2.75, 3.05) is 5.32 Å². The zero-order chi connectivity index (χ0) is 16.1. The Morgan fingerprint density at radius 3 is 2.38 bits per heavy atom. The van der Waals surface area contributed by atoms with Gasteiger partial charge in [0, 0.05) is 5.69 Å². The molecule has 0 amide bonds. The first-order valence-electron chi connectivity index (χ1n) is 7.01. The van der Waals surface area contributed by atoms with E-state index in [1.165, 1.54) is 0 Å². The van der Waals surface area contributed by atoms with Crippen LogP contribution in [-0.4, -0.2) is 25.7 Å². The third-order valence-electron chi connectivity index (χ3n) is 3.91. The van der Waals surface area contributed by atoms with Crippen molar-refractivity contribution in [1.82, 2.24) is 0 Å². The molecule has 1 aromatic rings. The molecule has 21 heavy (non-hydrogen) atoms. The quantitative estimate of drug-likeness (QED) is 0.898. The van der Waals surface area contributed by atoms with Gasteiger partial charge in [0.1, 0.15) is 0 Å². The lowest BCUT2D eigenvalue weighted by atomic mass is 9.94. The van der Waals surface area contributed by atoms with Crippen LogP contribution < -0.4 is 10.5 Å². The Morgan fingerprint density at radius 2 is 1.90 bits per heavy atom. The number of primary sulfonamides is 1. The van der Waals surface area contributed by atoms with Crippen molar-refractivity contribution in [2.45, 2.75) is 63.2 Å². The van der Waals surface area contributed by atoms with E-state index in [1.807, 2.05) is 19.9 Å². The normalized spacial score (nSPS) is 24.0. The number of hydrogen-bond acceptors (Lipinski definition) is 4. The number of anilines is 1. The maximum Gasteiger partial charge on any atom is 0.238 e. The van der Waals surface area contributed by atoms with Crippen molar-refractivity contribution in [1.29, 1.82) is 0 Å². The zero-order valence-electron chi connectivity index (χ0n) is 13.2. The highest BCUT2D eigenvalue weighted by atomic mass is 32.2. The van der Waals surface area contributed by atoms with Crippen LogP contribution in [-0.2, 0) is 14.8 Å². The Hall–Kier alpha value is -1.11. The van der Waals surface area contributed by atoms with E-state index in [0.717, 1.165) is 12.1 Å². The van der Waals surface area contributed by atoms with Crippen LogP contribution in [0.5, 0.6) is 0 Å². The number of ether oxygens (including phenoxy) is 1. The van der Waals surface area contributed by atoms with Crippen LogP contribution >= 0.6 is 0 Å². The first-order valence-corrected chi connectivity index (χ1v) is 8.55. The zero-order valence-corrected chi connectivity index (χ0v) is 14.0. The molecular formula is C15H24N2O3S. The van der Waals surface area contributed by atoms with E-state index < -0.39 is 10.0 Å². The summed E-state index contributed by atoms with van der Waals surface area (Å²) in [5.41, 5.74) is 0.861. The average Bonchev–Trinajstić information content (AvgIpc) is 2.47. The maximum atomic E-state index is 11.6. The highest BCUT2D eigenvalue weighted by Crippen LogP contribution is 2.39. The lowest BCUT2D eigenvalue weighted by molar-refractivity contribution is -0.0662. The Balaban J connectivity index is 2.29. The number of aryl methyl sites for hydroxylation is 1. The highest BCUT2D eigenvalue weighted by Gasteiger charge is 2.45. The van der Waals surface area contributed by atoms with Gasteiger partial charge in [0.2, 0.25) is 10.0 Å². The number of nitrogens with two attached hydrogens (primary N) is 1. The fourth-order valence-corrected chi connectivity index (χ4v) is 3.79. The minimum atomic E-state index is -3.71. The van der Waals surface area contributed by atoms with Gasteiger partial charge in [-0.2, -0.15) is 0 Å². The molecule has 2 rings (SSSR count). The molecule has 118 valence electrons. The molecule has 1 atom stereocenters. The molecule has 1 aromatic carbocycles. The lowest BCUT2D eigenvalue weighted by Gasteiger charge is -2.28. The second-order valence-corrected chi connectivity index (χ2v) is 8.42. The molecule has 5 nitrogen and oxygen atoms in total. The van der Waals surface area contributed by atoms with Crippen molar-refractivity contribution in [3.8, 4) is 0 Å². The van der Waals surface area contributed by atoms with E-state index in [4.69, 9.17) is 9.88 Å². The molecule has 1 aliphatic rings. The molecule has 0 aliphatic carbocycles. The summed E-state index contributed by atoms with van der Waals surface area (Å²) in [5, 5.41) is 8.63. The predicted octanol–water partition coefficient (Wildman–Crippen LogP) is 2.40. The van der Waals surface area contributed by atoms with Gasteiger partial charge in [0.05, 0.1) is 22.1 Å². The van der Waals surface area contributed by atoms with Crippen LogP contribution in [0, 0.1) is 6.92 Å². The third-order valence-corrected chi connectivity index (χ3v) is 4.96. The Labute approximate surface area is 126 Å². The molecule has 1 unspecified atom stereocenters. The van der Waals surface area contributed by atoms with Crippen LogP contribution in [0.25, 0.3) is 0 Å². The van der Waals surface area contributed by atoms with Crippen molar-refractivity contribution < 1.29 is 13.2 Å². The number of hydrogen-bond donors (Lipinski definition) is 2. The van der Waals surface area contributed by atoms with Gasteiger partial charge in [-0.3, -0.25) is 0 Å². The fourth-order valence-electron chi connectivity index (χ4n) is 2.98. The van der Waals surface area contributed by atoms with Gasteiger partial charge in [0.15, 0.2) is 0 Å². The molecule has 1 heterocycles. The summed E-state index contributed by atoms with van der Waals surface area (Å²) in [6, 6.07) is 5.32. The molecule has 0 radical (unpaired) electrons. The van der Waals surface area contributed by atoms with Crippen LogP contribution in [0.4, 0.5) is 5.69 Å². The monoisotopic (exact) mass is 312 g/mol. The van der Waals surface area contributed by atoms with Crippen LogP contribution in [0.1, 0.15) is 39.7 Å². The molecule has 6 heteroatoms. The average molecular weight is 312 g/mol. The molecule has 0 bridgehead atoms. The van der Waals surface area contributed by atoms with E-state index >= 15 is 0 Å². The Morgan fingerprint density at radius 1 is 1.29 bits per heavy atom. The van der Waals surface area contributed by atoms with Gasteiger partial charge in [0.25, 0.3) is 0 Å². The summed E-state index contributed by atoms with van der Waals surface area (Å²) in [7, 11) is -3.71. The molecule has 1 aliphatic heterocycles. The van der Waals surface area contributed by atoms with Crippen LogP contribution in [0.2, 0.25) is 0 Å². The number of rotatable bonds is 3. The Kier molecular flexibility index (Phi) is 3.85. The molecular weight excluding hydrogens is 288 g/mol. The first-order chi connectivity index (χ1) is 9.41. The topological polar surface area (TPSA) is 81.4 Å². The van der Waals surface area contributed by atoms with Crippen molar-refractivity contribution >= 4 is 15.7 Å². The fraction of sp³-hybridized carbons (Fsp3) is 0.600. The number of sulfonamides is 1. The lowest BCUT2D eigenvalue weighted by Crippen LogP contribution is -2.38. The van der Waals surface area contributed by atoms with E-state index in [9.17, 15) is 8.42 Å². The van der Waals surface area contributed by atoms with Gasteiger partial charge in [-0.15, -0.1) is 0 Å². The summed E-state index contributed by atoms with van der Waals surface area (Å²) in [4.78, 5) is 0.156. The molecule has 1 fully saturated rings. The van der Waals surface area contributed by atoms with Crippen molar-refractivity contribution in [3.63, 3.8) is 0 Å². The molecule has 0 spiro atoms. The SMILES string of the molecule is Cc1ccc(NC2CC(C)(C)OC2(C)C)cc1S(N)(=O)=O. The summed E-state index contributed by atoms with van der Waals surface area (Å²) < 4.78 is 29.2. The Bertz CT molecular complexity index is 651. The van der Waals surface area contributed by atoms with E-state index in [2.05, 4.69) is 19.2 Å². The van der Waals surface area contributed by atoms with Crippen molar-refractivity contribution in [3.05, 3.63) is 23.8 Å². The van der Waals surface area contributed by atoms with Crippen LogP contribution in [0.3, 0.4) is 0 Å². The van der Waals surface area contributed by atoms with E-state index in [1.54, 1.807) is 19.1 Å². The molecule has 0 saturated carbocycles. The smallest absolute Gasteiger partial charge is 0.238 e. The second-order valence-electron chi connectivity index (χ2n) is 6.89. The molecule has 1 saturated heterocycles. The summed E-state index contributed by atoms with van der Waals surface area (Å²) in [6.45, 7) is 9.92. The summed E-state index contributed by atoms with van der Waals surface area (Å²) in [5.74, 6) is 0. The molecule has 0 aromatic heterocycles. The predicted molar refractivity (Wildman–Crippen MR) is 83.8 cm³/mol.